The van der Waals surface area contributed by atoms with Gasteiger partial charge in [-0.2, -0.15) is 0 Å². The third-order valence-electron chi connectivity index (χ3n) is 5.82. The molecule has 1 amide bonds. The summed E-state index contributed by atoms with van der Waals surface area (Å²) in [7, 11) is 3.56. The van der Waals surface area contributed by atoms with Gasteiger partial charge in [-0.3, -0.25) is 9.79 Å². The summed E-state index contributed by atoms with van der Waals surface area (Å²) in [6.07, 6.45) is 5.02. The summed E-state index contributed by atoms with van der Waals surface area (Å²) in [5.41, 5.74) is 2.40. The standard InChI is InChI=1S/C23H36N4O3.HI/c1-24-23(26-13-10-21(11-14-26)30-16-4-15-29-2)25-17-19-6-8-20(9-7-19)18-27-12-3-5-22(27)28;/h6-9,21H,3-5,10-18H2,1-2H3,(H,24,25);1H. The fourth-order valence-corrected chi connectivity index (χ4v) is 4.06. The Morgan fingerprint density at radius 2 is 1.84 bits per heavy atom. The van der Waals surface area contributed by atoms with Crippen LogP contribution < -0.4 is 5.32 Å². The number of likely N-dealkylation sites (tertiary alicyclic amines) is 2. The topological polar surface area (TPSA) is 66.4 Å². The maximum atomic E-state index is 11.8. The van der Waals surface area contributed by atoms with Gasteiger partial charge in [0.05, 0.1) is 6.10 Å². The number of nitrogens with one attached hydrogen (secondary N) is 1. The summed E-state index contributed by atoms with van der Waals surface area (Å²) in [6, 6.07) is 8.52. The number of aliphatic imine (C=N–C) groups is 1. The van der Waals surface area contributed by atoms with Crippen molar-refractivity contribution in [2.75, 3.05) is 47.0 Å². The first-order chi connectivity index (χ1) is 14.7. The summed E-state index contributed by atoms with van der Waals surface area (Å²) < 4.78 is 11.0. The van der Waals surface area contributed by atoms with Gasteiger partial charge in [0.2, 0.25) is 5.91 Å². The second-order valence-electron chi connectivity index (χ2n) is 8.04. The van der Waals surface area contributed by atoms with Gasteiger partial charge in [-0.1, -0.05) is 24.3 Å². The Labute approximate surface area is 203 Å². The van der Waals surface area contributed by atoms with Crippen molar-refractivity contribution in [1.82, 2.24) is 15.1 Å². The molecule has 0 aliphatic carbocycles. The predicted octanol–water partition coefficient (Wildman–Crippen LogP) is 3.02. The second-order valence-corrected chi connectivity index (χ2v) is 8.04. The number of carbonyl (C=O) groups excluding carboxylic acids is 1. The Kier molecular flexibility index (Phi) is 11.6. The van der Waals surface area contributed by atoms with Crippen molar-refractivity contribution >= 4 is 35.8 Å². The molecular formula is C23H37IN4O3. The number of halogens is 1. The smallest absolute Gasteiger partial charge is 0.222 e. The molecule has 0 bridgehead atoms. The van der Waals surface area contributed by atoms with Crippen molar-refractivity contribution in [3.63, 3.8) is 0 Å². The van der Waals surface area contributed by atoms with Crippen LogP contribution in [0.15, 0.2) is 29.3 Å². The zero-order valence-corrected chi connectivity index (χ0v) is 21.2. The maximum absolute atomic E-state index is 11.8. The molecule has 8 heteroatoms. The van der Waals surface area contributed by atoms with Crippen molar-refractivity contribution in [3.8, 4) is 0 Å². The van der Waals surface area contributed by atoms with Crippen molar-refractivity contribution in [2.45, 2.75) is 51.3 Å². The normalized spacial score (nSPS) is 17.7. The van der Waals surface area contributed by atoms with Gasteiger partial charge in [-0.05, 0) is 36.8 Å². The quantitative estimate of drug-likeness (QED) is 0.224. The van der Waals surface area contributed by atoms with Crippen molar-refractivity contribution in [3.05, 3.63) is 35.4 Å². The molecule has 0 radical (unpaired) electrons. The van der Waals surface area contributed by atoms with Crippen molar-refractivity contribution in [2.24, 2.45) is 4.99 Å². The van der Waals surface area contributed by atoms with Crippen LogP contribution in [0.25, 0.3) is 0 Å². The van der Waals surface area contributed by atoms with E-state index in [-0.39, 0.29) is 29.9 Å². The molecule has 2 saturated heterocycles. The van der Waals surface area contributed by atoms with E-state index in [1.165, 1.54) is 11.1 Å². The first-order valence-electron chi connectivity index (χ1n) is 11.1. The lowest BCUT2D eigenvalue weighted by atomic mass is 10.1. The largest absolute Gasteiger partial charge is 0.385 e. The molecule has 3 rings (SSSR count). The molecule has 2 fully saturated rings. The number of nitrogens with zero attached hydrogens (tertiary/aromatic N) is 3. The minimum atomic E-state index is 0. The van der Waals surface area contributed by atoms with Crippen LogP contribution in [-0.2, 0) is 27.4 Å². The number of hydrogen-bond donors (Lipinski definition) is 1. The number of benzene rings is 1. The third-order valence-corrected chi connectivity index (χ3v) is 5.82. The van der Waals surface area contributed by atoms with Crippen molar-refractivity contribution < 1.29 is 14.3 Å². The highest BCUT2D eigenvalue weighted by atomic mass is 127. The van der Waals surface area contributed by atoms with E-state index in [4.69, 9.17) is 9.47 Å². The van der Waals surface area contributed by atoms with Gasteiger partial charge < -0.3 is 24.6 Å². The predicted molar refractivity (Wildman–Crippen MR) is 134 cm³/mol. The molecule has 0 spiro atoms. The van der Waals surface area contributed by atoms with Crippen LogP contribution >= 0.6 is 24.0 Å². The number of guanidine groups is 1. The molecular weight excluding hydrogens is 507 g/mol. The summed E-state index contributed by atoms with van der Waals surface area (Å²) >= 11 is 0. The first-order valence-corrected chi connectivity index (χ1v) is 11.1. The van der Waals surface area contributed by atoms with E-state index in [1.54, 1.807) is 7.11 Å². The molecule has 174 valence electrons. The van der Waals surface area contributed by atoms with Gasteiger partial charge in [-0.15, -0.1) is 24.0 Å². The highest BCUT2D eigenvalue weighted by molar-refractivity contribution is 14.0. The molecule has 2 aliphatic heterocycles. The number of rotatable bonds is 9. The van der Waals surface area contributed by atoms with Crippen LogP contribution in [-0.4, -0.2) is 74.8 Å². The van der Waals surface area contributed by atoms with Gasteiger partial charge in [0.15, 0.2) is 5.96 Å². The summed E-state index contributed by atoms with van der Waals surface area (Å²) in [6.45, 7) is 5.78. The summed E-state index contributed by atoms with van der Waals surface area (Å²) in [4.78, 5) is 20.5. The lowest BCUT2D eigenvalue weighted by molar-refractivity contribution is -0.128. The average molecular weight is 544 g/mol. The number of methoxy groups -OCH3 is 1. The number of hydrogen-bond acceptors (Lipinski definition) is 4. The Morgan fingerprint density at radius 3 is 2.45 bits per heavy atom. The maximum Gasteiger partial charge on any atom is 0.222 e. The summed E-state index contributed by atoms with van der Waals surface area (Å²) in [5, 5.41) is 3.48. The molecule has 2 heterocycles. The monoisotopic (exact) mass is 544 g/mol. The first kappa shape index (κ1) is 25.9. The minimum Gasteiger partial charge on any atom is -0.385 e. The van der Waals surface area contributed by atoms with Gasteiger partial charge in [0.1, 0.15) is 0 Å². The van der Waals surface area contributed by atoms with Crippen LogP contribution in [0.3, 0.4) is 0 Å². The molecule has 0 saturated carbocycles. The molecule has 0 aromatic heterocycles. The van der Waals surface area contributed by atoms with E-state index in [0.717, 1.165) is 77.6 Å². The van der Waals surface area contributed by atoms with E-state index in [2.05, 4.69) is 39.5 Å². The molecule has 1 aromatic rings. The number of amides is 1. The van der Waals surface area contributed by atoms with E-state index < -0.39 is 0 Å². The van der Waals surface area contributed by atoms with Crippen LogP contribution in [0.5, 0.6) is 0 Å². The fraction of sp³-hybridized carbons (Fsp3) is 0.652. The van der Waals surface area contributed by atoms with E-state index in [9.17, 15) is 4.79 Å². The minimum absolute atomic E-state index is 0. The van der Waals surface area contributed by atoms with Gasteiger partial charge in [-0.25, -0.2) is 0 Å². The van der Waals surface area contributed by atoms with Crippen LogP contribution in [0, 0.1) is 0 Å². The zero-order valence-electron chi connectivity index (χ0n) is 18.8. The van der Waals surface area contributed by atoms with Crippen LogP contribution in [0.2, 0.25) is 0 Å². The van der Waals surface area contributed by atoms with Crippen molar-refractivity contribution in [1.29, 1.82) is 0 Å². The van der Waals surface area contributed by atoms with Gasteiger partial charge in [0.25, 0.3) is 0 Å². The Hall–Kier alpha value is -1.39. The lowest BCUT2D eigenvalue weighted by Crippen LogP contribution is -2.46. The molecule has 7 nitrogen and oxygen atoms in total. The highest BCUT2D eigenvalue weighted by Crippen LogP contribution is 2.16. The number of piperidine rings is 1. The van der Waals surface area contributed by atoms with Crippen LogP contribution in [0.1, 0.15) is 43.2 Å². The summed E-state index contributed by atoms with van der Waals surface area (Å²) in [5.74, 6) is 1.22. The fourth-order valence-electron chi connectivity index (χ4n) is 4.06. The Balaban J connectivity index is 0.00000341. The molecule has 1 N–H and O–H groups in total. The molecule has 31 heavy (non-hydrogen) atoms. The molecule has 2 aliphatic rings. The lowest BCUT2D eigenvalue weighted by Gasteiger charge is -2.34. The SMILES string of the molecule is CN=C(NCc1ccc(CN2CCCC2=O)cc1)N1CCC(OCCCOC)CC1.I. The van der Waals surface area contributed by atoms with Gasteiger partial charge >= 0.3 is 0 Å². The van der Waals surface area contributed by atoms with Gasteiger partial charge in [0, 0.05) is 66.5 Å². The average Bonchev–Trinajstić information content (AvgIpc) is 3.18. The molecule has 1 aromatic carbocycles. The zero-order chi connectivity index (χ0) is 21.2. The number of ether oxygens (including phenoxy) is 2. The van der Waals surface area contributed by atoms with E-state index in [0.29, 0.717) is 12.5 Å². The highest BCUT2D eigenvalue weighted by Gasteiger charge is 2.22. The second kappa shape index (κ2) is 13.9. The molecule has 0 atom stereocenters. The van der Waals surface area contributed by atoms with E-state index >= 15 is 0 Å². The van der Waals surface area contributed by atoms with Crippen LogP contribution in [0.4, 0.5) is 0 Å². The Bertz CT molecular complexity index is 691. The van der Waals surface area contributed by atoms with E-state index in [1.807, 2.05) is 11.9 Å². The third kappa shape index (κ3) is 8.23. The number of carbonyl (C=O) groups is 1. The Morgan fingerprint density at radius 1 is 1.13 bits per heavy atom. The molecule has 0 unspecified atom stereocenters.